The van der Waals surface area contributed by atoms with Crippen molar-refractivity contribution < 1.29 is 14.1 Å². The molecule has 10 heteroatoms. The highest BCUT2D eigenvalue weighted by Crippen LogP contribution is 2.38. The van der Waals surface area contributed by atoms with Gasteiger partial charge >= 0.3 is 0 Å². The van der Waals surface area contributed by atoms with Crippen LogP contribution in [0.2, 0.25) is 0 Å². The predicted octanol–water partition coefficient (Wildman–Crippen LogP) is 4.81. The third-order valence-corrected chi connectivity index (χ3v) is 8.00. The number of fused-ring (bicyclic) bond motifs is 9. The van der Waals surface area contributed by atoms with Crippen molar-refractivity contribution in [2.45, 2.75) is 11.4 Å². The number of thiophene rings is 1. The lowest BCUT2D eigenvalue weighted by Crippen LogP contribution is -2.23. The molecule has 0 saturated heterocycles. The second-order valence-corrected chi connectivity index (χ2v) is 10.4. The average Bonchev–Trinajstić information content (AvgIpc) is 3.36. The van der Waals surface area contributed by atoms with Crippen LogP contribution in [0.5, 0.6) is 5.88 Å². The molecule has 1 aliphatic heterocycles. The average molecular weight is 514 g/mol. The number of carbonyl (C=O) groups is 1. The number of carbonyl (C=O) groups excluding carboxylic acids is 1. The molecule has 1 aliphatic rings. The zero-order valence-corrected chi connectivity index (χ0v) is 20.7. The van der Waals surface area contributed by atoms with E-state index >= 15 is 0 Å². The molecule has 178 valence electrons. The first-order valence-corrected chi connectivity index (χ1v) is 13.0. The normalized spacial score (nSPS) is 15.1. The fourth-order valence-corrected chi connectivity index (χ4v) is 5.95. The van der Waals surface area contributed by atoms with Crippen LogP contribution < -0.4 is 14.8 Å². The van der Waals surface area contributed by atoms with Crippen LogP contribution in [0, 0.1) is 0 Å². The van der Waals surface area contributed by atoms with Crippen LogP contribution in [0.25, 0.3) is 31.9 Å². The molecule has 0 radical (unpaired) electrons. The summed E-state index contributed by atoms with van der Waals surface area (Å²) in [6.07, 6.45) is 3.28. The SMILES string of the molecule is COc1ncc2cc1N[S+]([O-])c1cccc(c1)C(=O)NCc1cccc(c1)-c1ncnc3sc-2cc13. The first-order valence-electron chi connectivity index (χ1n) is 11.0. The molecule has 0 aliphatic carbocycles. The summed E-state index contributed by atoms with van der Waals surface area (Å²) < 4.78 is 21.6. The molecule has 5 aromatic rings. The maximum absolute atomic E-state index is 13.2. The summed E-state index contributed by atoms with van der Waals surface area (Å²) in [7, 11) is 1.51. The lowest BCUT2D eigenvalue weighted by molar-refractivity contribution is 0.0950. The van der Waals surface area contributed by atoms with E-state index < -0.39 is 11.4 Å². The number of pyridine rings is 1. The first-order chi connectivity index (χ1) is 17.6. The fourth-order valence-electron chi connectivity index (χ4n) is 4.08. The number of hydrogen-bond donors (Lipinski definition) is 2. The monoisotopic (exact) mass is 513 g/mol. The molecule has 8 bridgehead atoms. The number of hydrogen-bond acceptors (Lipinski definition) is 8. The Hall–Kier alpha value is -3.99. The number of methoxy groups -OCH3 is 1. The summed E-state index contributed by atoms with van der Waals surface area (Å²) >= 11 is -0.127. The van der Waals surface area contributed by atoms with E-state index in [9.17, 15) is 9.35 Å². The molecule has 2 N–H and O–H groups in total. The van der Waals surface area contributed by atoms with Gasteiger partial charge in [0.2, 0.25) is 5.88 Å². The molecular weight excluding hydrogens is 494 g/mol. The Kier molecular flexibility index (Phi) is 5.76. The van der Waals surface area contributed by atoms with Crippen molar-refractivity contribution in [2.24, 2.45) is 0 Å². The summed E-state index contributed by atoms with van der Waals surface area (Å²) in [4.78, 5) is 28.6. The Bertz CT molecular complexity index is 1620. The van der Waals surface area contributed by atoms with Crippen molar-refractivity contribution in [3.63, 3.8) is 0 Å². The van der Waals surface area contributed by atoms with E-state index in [1.54, 1.807) is 36.8 Å². The van der Waals surface area contributed by atoms with Crippen molar-refractivity contribution in [1.82, 2.24) is 20.3 Å². The molecule has 3 aromatic heterocycles. The molecule has 1 amide bonds. The maximum atomic E-state index is 13.2. The number of benzene rings is 2. The molecule has 1 atom stereocenters. The molecule has 0 spiro atoms. The minimum absolute atomic E-state index is 0.256. The van der Waals surface area contributed by atoms with Gasteiger partial charge in [-0.2, -0.15) is 4.72 Å². The van der Waals surface area contributed by atoms with Crippen molar-refractivity contribution in [3.05, 3.63) is 84.3 Å². The van der Waals surface area contributed by atoms with Gasteiger partial charge < -0.3 is 14.6 Å². The van der Waals surface area contributed by atoms with Gasteiger partial charge in [-0.15, -0.1) is 11.3 Å². The van der Waals surface area contributed by atoms with Crippen molar-refractivity contribution in [2.75, 3.05) is 11.8 Å². The highest BCUT2D eigenvalue weighted by atomic mass is 32.2. The van der Waals surface area contributed by atoms with Crippen LogP contribution in [0.1, 0.15) is 15.9 Å². The summed E-state index contributed by atoms with van der Waals surface area (Å²) in [5.41, 5.74) is 4.40. The van der Waals surface area contributed by atoms with E-state index in [1.807, 2.05) is 36.4 Å². The van der Waals surface area contributed by atoms with Crippen LogP contribution >= 0.6 is 11.3 Å². The van der Waals surface area contributed by atoms with Gasteiger partial charge in [-0.1, -0.05) is 24.3 Å². The largest absolute Gasteiger partial charge is 0.588 e. The molecular formula is C26H19N5O3S2. The lowest BCUT2D eigenvalue weighted by Gasteiger charge is -2.15. The summed E-state index contributed by atoms with van der Waals surface area (Å²) in [6.45, 7) is 0.342. The predicted molar refractivity (Wildman–Crippen MR) is 140 cm³/mol. The minimum Gasteiger partial charge on any atom is -0.588 e. The third-order valence-electron chi connectivity index (χ3n) is 5.82. The van der Waals surface area contributed by atoms with Crippen molar-refractivity contribution >= 4 is 44.5 Å². The van der Waals surface area contributed by atoms with Gasteiger partial charge in [-0.25, -0.2) is 15.0 Å². The van der Waals surface area contributed by atoms with Gasteiger partial charge in [0.05, 0.1) is 12.8 Å². The molecule has 0 saturated carbocycles. The van der Waals surface area contributed by atoms with E-state index in [4.69, 9.17) is 4.74 Å². The molecule has 2 aromatic carbocycles. The summed E-state index contributed by atoms with van der Waals surface area (Å²) in [5, 5.41) is 3.87. The van der Waals surface area contributed by atoms with E-state index in [1.165, 1.54) is 18.4 Å². The van der Waals surface area contributed by atoms with Crippen molar-refractivity contribution in [3.8, 4) is 27.6 Å². The Morgan fingerprint density at radius 3 is 2.75 bits per heavy atom. The quantitative estimate of drug-likeness (QED) is 0.310. The highest BCUT2D eigenvalue weighted by molar-refractivity contribution is 7.92. The Balaban J connectivity index is 1.54. The molecule has 36 heavy (non-hydrogen) atoms. The van der Waals surface area contributed by atoms with Crippen LogP contribution in [0.3, 0.4) is 0 Å². The smallest absolute Gasteiger partial charge is 0.251 e. The Labute approximate surface area is 213 Å². The number of rotatable bonds is 1. The van der Waals surface area contributed by atoms with Gasteiger partial charge in [0.15, 0.2) is 4.90 Å². The fraction of sp³-hybridized carbons (Fsp3) is 0.0769. The van der Waals surface area contributed by atoms with E-state index in [0.717, 1.165) is 37.5 Å². The zero-order valence-electron chi connectivity index (χ0n) is 19.0. The van der Waals surface area contributed by atoms with E-state index in [-0.39, 0.29) is 5.91 Å². The van der Waals surface area contributed by atoms with Crippen LogP contribution in [-0.2, 0) is 17.9 Å². The standard InChI is InChI=1S/C26H19N5O3S2/c1-34-25-21-10-18(13-28-25)22-11-20-23(29-14-30-26(20)35-22)16-5-2-4-15(8-16)12-27-24(32)17-6-3-7-19(9-17)36(33)31-21/h2-11,13-14,31H,12H2,1H3,(H,27,32). The van der Waals surface area contributed by atoms with Gasteiger partial charge in [-0.05, 0) is 35.9 Å². The lowest BCUT2D eigenvalue weighted by atomic mass is 10.1. The summed E-state index contributed by atoms with van der Waals surface area (Å²) in [6, 6.07) is 18.5. The first kappa shape index (κ1) is 22.5. The van der Waals surface area contributed by atoms with Gasteiger partial charge in [0.25, 0.3) is 5.91 Å². The number of nitrogens with zero attached hydrogens (tertiary/aromatic N) is 3. The van der Waals surface area contributed by atoms with Crippen LogP contribution in [0.15, 0.2) is 78.1 Å². The molecule has 0 fully saturated rings. The van der Waals surface area contributed by atoms with Crippen LogP contribution in [-0.4, -0.2) is 32.5 Å². The number of nitrogens with one attached hydrogen (secondary N) is 2. The Morgan fingerprint density at radius 2 is 1.86 bits per heavy atom. The van der Waals surface area contributed by atoms with E-state index in [0.29, 0.717) is 28.6 Å². The zero-order chi connectivity index (χ0) is 24.6. The third kappa shape index (κ3) is 4.15. The molecule has 8 nitrogen and oxygen atoms in total. The topological polar surface area (TPSA) is 112 Å². The molecule has 1 unspecified atom stereocenters. The minimum atomic E-state index is -1.65. The second kappa shape index (κ2) is 9.23. The van der Waals surface area contributed by atoms with Crippen LogP contribution in [0.4, 0.5) is 5.69 Å². The number of ether oxygens (including phenoxy) is 1. The number of anilines is 1. The van der Waals surface area contributed by atoms with Gasteiger partial charge in [-0.3, -0.25) is 4.79 Å². The molecule has 4 heterocycles. The van der Waals surface area contributed by atoms with Gasteiger partial charge in [0.1, 0.15) is 28.2 Å². The second-order valence-electron chi connectivity index (χ2n) is 8.11. The number of aromatic nitrogens is 3. The highest BCUT2D eigenvalue weighted by Gasteiger charge is 2.20. The molecule has 6 rings (SSSR count). The summed E-state index contributed by atoms with van der Waals surface area (Å²) in [5.74, 6) is 0.0577. The Morgan fingerprint density at radius 1 is 1.00 bits per heavy atom. The van der Waals surface area contributed by atoms with Crippen molar-refractivity contribution in [1.29, 1.82) is 0 Å². The maximum Gasteiger partial charge on any atom is 0.251 e. The van der Waals surface area contributed by atoms with E-state index in [2.05, 4.69) is 25.0 Å². The van der Waals surface area contributed by atoms with Gasteiger partial charge in [0, 0.05) is 45.8 Å². The number of amides is 1.